The van der Waals surface area contributed by atoms with E-state index in [1.165, 1.54) is 18.2 Å². The predicted molar refractivity (Wildman–Crippen MR) is 125 cm³/mol. The number of anilines is 1. The lowest BCUT2D eigenvalue weighted by Gasteiger charge is -2.17. The summed E-state index contributed by atoms with van der Waals surface area (Å²) in [5, 5.41) is 1.62. The number of hydrogen-bond acceptors (Lipinski definition) is 6. The van der Waals surface area contributed by atoms with Gasteiger partial charge in [0.25, 0.3) is 26.0 Å². The Bertz CT molecular complexity index is 1350. The lowest BCUT2D eigenvalue weighted by Crippen LogP contribution is -2.42. The van der Waals surface area contributed by atoms with Crippen LogP contribution in [-0.2, 0) is 20.0 Å². The van der Waals surface area contributed by atoms with E-state index in [1.54, 1.807) is 37.4 Å². The van der Waals surface area contributed by atoms with Crippen molar-refractivity contribution in [3.63, 3.8) is 0 Å². The van der Waals surface area contributed by atoms with Crippen LogP contribution in [0.2, 0.25) is 0 Å². The van der Waals surface area contributed by atoms with Gasteiger partial charge in [0.15, 0.2) is 0 Å². The summed E-state index contributed by atoms with van der Waals surface area (Å²) in [5.74, 6) is -0.808. The Morgan fingerprint density at radius 2 is 1.47 bits per heavy atom. The van der Waals surface area contributed by atoms with Crippen LogP contribution >= 0.6 is 11.3 Å². The summed E-state index contributed by atoms with van der Waals surface area (Å²) < 4.78 is 53.4. The molecule has 0 atom stereocenters. The van der Waals surface area contributed by atoms with Crippen LogP contribution in [0, 0.1) is 27.7 Å². The number of aryl methyl sites for hydroxylation is 2. The van der Waals surface area contributed by atoms with Crippen LogP contribution in [0.3, 0.4) is 0 Å². The number of rotatable bonds is 7. The number of hydrazine groups is 1. The van der Waals surface area contributed by atoms with Gasteiger partial charge >= 0.3 is 0 Å². The summed E-state index contributed by atoms with van der Waals surface area (Å²) in [6, 6.07) is 10.9. The Kier molecular flexibility index (Phi) is 6.75. The van der Waals surface area contributed by atoms with Gasteiger partial charge in [-0.25, -0.2) is 16.8 Å². The molecule has 3 N–H and O–H groups in total. The van der Waals surface area contributed by atoms with E-state index in [4.69, 9.17) is 0 Å². The molecule has 0 unspecified atom stereocenters. The second-order valence-electron chi connectivity index (χ2n) is 7.23. The van der Waals surface area contributed by atoms with Crippen molar-refractivity contribution in [3.05, 3.63) is 75.7 Å². The molecule has 11 heteroatoms. The molecule has 32 heavy (non-hydrogen) atoms. The summed E-state index contributed by atoms with van der Waals surface area (Å²) in [5.41, 5.74) is 4.96. The van der Waals surface area contributed by atoms with Gasteiger partial charge in [0.1, 0.15) is 4.21 Å². The van der Waals surface area contributed by atoms with Crippen LogP contribution < -0.4 is 15.0 Å². The molecule has 0 fully saturated rings. The number of carbonyl (C=O) groups excluding carboxylic acids is 1. The Labute approximate surface area is 191 Å². The lowest BCUT2D eigenvalue weighted by molar-refractivity contribution is 0.0946. The molecule has 0 aliphatic heterocycles. The highest BCUT2D eigenvalue weighted by molar-refractivity contribution is 7.94. The fourth-order valence-corrected chi connectivity index (χ4v) is 6.73. The molecule has 1 heterocycles. The van der Waals surface area contributed by atoms with Crippen molar-refractivity contribution in [2.75, 3.05) is 4.72 Å². The van der Waals surface area contributed by atoms with E-state index in [2.05, 4.69) is 15.0 Å². The van der Waals surface area contributed by atoms with E-state index >= 15 is 0 Å². The fraction of sp³-hybridized carbons (Fsp3) is 0.190. The summed E-state index contributed by atoms with van der Waals surface area (Å²) in [6.07, 6.45) is 0. The van der Waals surface area contributed by atoms with Crippen LogP contribution in [0.25, 0.3) is 0 Å². The predicted octanol–water partition coefficient (Wildman–Crippen LogP) is 3.41. The highest BCUT2D eigenvalue weighted by Gasteiger charge is 2.24. The van der Waals surface area contributed by atoms with Crippen molar-refractivity contribution in [2.45, 2.75) is 36.8 Å². The Balaban J connectivity index is 1.85. The molecule has 8 nitrogen and oxygen atoms in total. The average molecular weight is 494 g/mol. The second kappa shape index (κ2) is 9.02. The molecule has 0 saturated heterocycles. The minimum absolute atomic E-state index is 0.0244. The Morgan fingerprint density at radius 1 is 0.844 bits per heavy atom. The molecule has 0 radical (unpaired) electrons. The number of carbonyl (C=O) groups is 1. The molecule has 1 amide bonds. The van der Waals surface area contributed by atoms with E-state index in [9.17, 15) is 21.6 Å². The highest BCUT2D eigenvalue weighted by Crippen LogP contribution is 2.26. The van der Waals surface area contributed by atoms with Crippen molar-refractivity contribution >= 4 is 43.0 Å². The number of amides is 1. The van der Waals surface area contributed by atoms with Crippen LogP contribution in [0.5, 0.6) is 0 Å². The number of para-hydroxylation sites is 1. The molecule has 170 valence electrons. The minimum Gasteiger partial charge on any atom is -0.278 e. The number of nitrogens with one attached hydrogen (secondary N) is 3. The van der Waals surface area contributed by atoms with E-state index in [-0.39, 0.29) is 20.4 Å². The third-order valence-corrected chi connectivity index (χ3v) is 9.32. The molecule has 3 rings (SSSR count). The second-order valence-corrected chi connectivity index (χ2v) is 11.7. The minimum atomic E-state index is -4.07. The zero-order chi connectivity index (χ0) is 23.7. The van der Waals surface area contributed by atoms with Crippen molar-refractivity contribution < 1.29 is 21.6 Å². The number of thiophene rings is 1. The largest absolute Gasteiger partial charge is 0.278 e. The number of benzene rings is 2. The maximum absolute atomic E-state index is 12.9. The molecule has 1 aromatic heterocycles. The van der Waals surface area contributed by atoms with E-state index in [0.717, 1.165) is 22.5 Å². The van der Waals surface area contributed by atoms with Crippen LogP contribution in [-0.4, -0.2) is 22.7 Å². The third-order valence-electron chi connectivity index (χ3n) is 5.04. The lowest BCUT2D eigenvalue weighted by atomic mass is 10.0. The van der Waals surface area contributed by atoms with Gasteiger partial charge in [-0.15, -0.1) is 16.2 Å². The molecule has 0 saturated carbocycles. The molecule has 0 aliphatic rings. The molecular weight excluding hydrogens is 470 g/mol. The van der Waals surface area contributed by atoms with Crippen molar-refractivity contribution in [1.29, 1.82) is 0 Å². The van der Waals surface area contributed by atoms with Crippen LogP contribution in [0.1, 0.15) is 32.6 Å². The summed E-state index contributed by atoms with van der Waals surface area (Å²) in [6.45, 7) is 7.03. The zero-order valence-electron chi connectivity index (χ0n) is 17.9. The Morgan fingerprint density at radius 3 is 2.06 bits per heavy atom. The standard InChI is InChI=1S/C21H23N3O5S3/c1-13-12-14(2)16(4)20(15(13)3)32(28,29)24-22-21(25)17-8-5-6-9-18(17)23-31(26,27)19-10-7-11-30-19/h5-12,23-24H,1-4H3,(H,22,25). The topological polar surface area (TPSA) is 121 Å². The quantitative estimate of drug-likeness (QED) is 0.436. The van der Waals surface area contributed by atoms with E-state index < -0.39 is 26.0 Å². The van der Waals surface area contributed by atoms with Gasteiger partial charge in [-0.3, -0.25) is 14.9 Å². The van der Waals surface area contributed by atoms with Gasteiger partial charge < -0.3 is 0 Å². The van der Waals surface area contributed by atoms with Gasteiger partial charge in [0.05, 0.1) is 16.1 Å². The molecule has 0 spiro atoms. The first-order chi connectivity index (χ1) is 14.9. The number of sulfonamides is 2. The third kappa shape index (κ3) is 4.85. The SMILES string of the molecule is Cc1cc(C)c(C)c(S(=O)(=O)NNC(=O)c2ccccc2NS(=O)(=O)c2cccs2)c1C. The van der Waals surface area contributed by atoms with Crippen molar-refractivity contribution in [3.8, 4) is 0 Å². The van der Waals surface area contributed by atoms with Crippen LogP contribution in [0.15, 0.2) is 56.9 Å². The maximum Gasteiger partial charge on any atom is 0.271 e. The monoisotopic (exact) mass is 493 g/mol. The van der Waals surface area contributed by atoms with Crippen molar-refractivity contribution in [1.82, 2.24) is 10.3 Å². The first kappa shape index (κ1) is 23.9. The van der Waals surface area contributed by atoms with E-state index in [0.29, 0.717) is 11.1 Å². The average Bonchev–Trinajstić information content (AvgIpc) is 3.27. The van der Waals surface area contributed by atoms with Gasteiger partial charge in [-0.2, -0.15) is 0 Å². The van der Waals surface area contributed by atoms with Gasteiger partial charge in [0, 0.05) is 0 Å². The van der Waals surface area contributed by atoms with Crippen LogP contribution in [0.4, 0.5) is 5.69 Å². The molecule has 3 aromatic rings. The molecule has 0 aliphatic carbocycles. The number of hydrogen-bond donors (Lipinski definition) is 3. The normalized spacial score (nSPS) is 11.9. The highest BCUT2D eigenvalue weighted by atomic mass is 32.2. The molecule has 0 bridgehead atoms. The molecular formula is C21H23N3O5S3. The smallest absolute Gasteiger partial charge is 0.271 e. The zero-order valence-corrected chi connectivity index (χ0v) is 20.3. The maximum atomic E-state index is 12.9. The van der Waals surface area contributed by atoms with Gasteiger partial charge in [-0.1, -0.05) is 24.3 Å². The first-order valence-electron chi connectivity index (χ1n) is 9.49. The first-order valence-corrected chi connectivity index (χ1v) is 13.3. The van der Waals surface area contributed by atoms with Crippen molar-refractivity contribution in [2.24, 2.45) is 0 Å². The van der Waals surface area contributed by atoms with Gasteiger partial charge in [0.2, 0.25) is 0 Å². The summed E-state index contributed by atoms with van der Waals surface area (Å²) >= 11 is 1.04. The van der Waals surface area contributed by atoms with E-state index in [1.807, 2.05) is 19.9 Å². The molecule has 2 aromatic carbocycles. The van der Waals surface area contributed by atoms with Gasteiger partial charge in [-0.05, 0) is 73.5 Å². The summed E-state index contributed by atoms with van der Waals surface area (Å²) in [7, 11) is -7.96. The Hall–Kier alpha value is -2.73. The fourth-order valence-electron chi connectivity index (χ4n) is 3.20. The summed E-state index contributed by atoms with van der Waals surface area (Å²) in [4.78, 5) is 15.0.